The summed E-state index contributed by atoms with van der Waals surface area (Å²) in [4.78, 5) is 41.1. The molecule has 14 heteroatoms. The number of ether oxygens (including phenoxy) is 1. The van der Waals surface area contributed by atoms with E-state index >= 15 is 8.78 Å². The van der Waals surface area contributed by atoms with E-state index in [-0.39, 0.29) is 29.5 Å². The zero-order valence-corrected chi connectivity index (χ0v) is 23.8. The number of hydrogen-bond acceptors (Lipinski definition) is 8. The minimum Gasteiger partial charge on any atom is -0.481 e. The maximum Gasteiger partial charge on any atom is 0.264 e. The van der Waals surface area contributed by atoms with Gasteiger partial charge in [0.15, 0.2) is 5.82 Å². The lowest BCUT2D eigenvalue weighted by Crippen LogP contribution is -2.50. The third-order valence-electron chi connectivity index (χ3n) is 7.81. The number of hydrogen-bond donors (Lipinski definition) is 2. The number of benzene rings is 1. The highest BCUT2D eigenvalue weighted by Gasteiger charge is 2.31. The van der Waals surface area contributed by atoms with E-state index in [0.29, 0.717) is 55.9 Å². The van der Waals surface area contributed by atoms with Crippen LogP contribution in [0.15, 0.2) is 41.6 Å². The van der Waals surface area contributed by atoms with E-state index in [2.05, 4.69) is 25.2 Å². The zero-order valence-electron chi connectivity index (χ0n) is 23.8. The van der Waals surface area contributed by atoms with Crippen molar-refractivity contribution in [2.75, 3.05) is 62.0 Å². The van der Waals surface area contributed by atoms with Crippen molar-refractivity contribution < 1.29 is 27.1 Å². The number of anilines is 3. The van der Waals surface area contributed by atoms with Crippen LogP contribution in [0, 0.1) is 11.6 Å². The lowest BCUT2D eigenvalue weighted by molar-refractivity contribution is 0.101. The van der Waals surface area contributed by atoms with Gasteiger partial charge in [-0.15, -0.1) is 0 Å². The third-order valence-corrected chi connectivity index (χ3v) is 7.81. The van der Waals surface area contributed by atoms with Crippen molar-refractivity contribution >= 4 is 28.7 Å². The molecule has 0 bridgehead atoms. The highest BCUT2D eigenvalue weighted by molar-refractivity contribution is 6.07. The summed E-state index contributed by atoms with van der Waals surface area (Å²) in [6, 6.07) is 3.44. The summed E-state index contributed by atoms with van der Waals surface area (Å²) in [5, 5.41) is 2.43. The van der Waals surface area contributed by atoms with Gasteiger partial charge in [-0.1, -0.05) is 6.08 Å². The second-order valence-electron chi connectivity index (χ2n) is 10.5. The minimum atomic E-state index is -3.13. The molecule has 1 aromatic carbocycles. The first-order valence-corrected chi connectivity index (χ1v) is 13.7. The molecule has 0 aliphatic carbocycles. The Morgan fingerprint density at radius 3 is 2.65 bits per heavy atom. The number of aromatic amines is 1. The van der Waals surface area contributed by atoms with Crippen LogP contribution >= 0.6 is 0 Å². The van der Waals surface area contributed by atoms with E-state index in [1.54, 1.807) is 17.0 Å². The number of nitrogens with zero attached hydrogens (tertiary/aromatic N) is 5. The van der Waals surface area contributed by atoms with Crippen LogP contribution in [0.2, 0.25) is 0 Å². The lowest BCUT2D eigenvalue weighted by atomic mass is 9.97. The molecular formula is C29H31F4N7O3. The average Bonchev–Trinajstić information content (AvgIpc) is 3.00. The summed E-state index contributed by atoms with van der Waals surface area (Å²) in [5.74, 6) is -2.10. The normalized spacial score (nSPS) is 17.7. The Morgan fingerprint density at radius 1 is 1.14 bits per heavy atom. The number of amides is 1. The maximum atomic E-state index is 16.6. The Hall–Kier alpha value is -4.46. The van der Waals surface area contributed by atoms with Gasteiger partial charge in [0.1, 0.15) is 23.6 Å². The summed E-state index contributed by atoms with van der Waals surface area (Å²) in [6.45, 7) is 4.00. The molecule has 2 aliphatic heterocycles. The van der Waals surface area contributed by atoms with Gasteiger partial charge < -0.3 is 29.7 Å². The van der Waals surface area contributed by atoms with Gasteiger partial charge in [-0.2, -0.15) is 0 Å². The van der Waals surface area contributed by atoms with E-state index < -0.39 is 40.7 Å². The summed E-state index contributed by atoms with van der Waals surface area (Å²) in [7, 11) is 3.40. The monoisotopic (exact) mass is 601 g/mol. The molecule has 3 aromatic rings. The van der Waals surface area contributed by atoms with Crippen LogP contribution in [-0.2, 0) is 0 Å². The number of piperazine rings is 1. The standard InChI is InChI=1S/C29H31F4N7O3/c1-16-13-39(8-7-38(16)2)21-10-20(30)25(17-5-4-6-40(14-17)22-11-24(43-3)36-15-35-22)26(31)27(21)37-29(42)19-12-34-23(41)9-18(19)28(32)33/h5,9-12,15-16,28H,4,6-8,13-14H2,1-3H3,(H,34,41)(H,37,42)/t16-/m0/s1. The van der Waals surface area contributed by atoms with Crippen molar-refractivity contribution in [2.24, 2.45) is 0 Å². The molecule has 0 saturated carbocycles. The SMILES string of the molecule is COc1cc(N2CCC=C(c3c(F)cc(N4CCN(C)[C@@H](C)C4)c(NC(=O)c4c[nH]c(=O)cc4C(F)F)c3F)C2)ncn1. The molecule has 1 atom stereocenters. The molecule has 0 spiro atoms. The summed E-state index contributed by atoms with van der Waals surface area (Å²) in [5.41, 5.74) is -2.42. The molecule has 1 fully saturated rings. The molecule has 0 radical (unpaired) electrons. The first-order chi connectivity index (χ1) is 20.6. The molecule has 228 valence electrons. The molecule has 0 unspecified atom stereocenters. The van der Waals surface area contributed by atoms with Crippen LogP contribution < -0.4 is 25.4 Å². The van der Waals surface area contributed by atoms with Crippen molar-refractivity contribution in [1.29, 1.82) is 0 Å². The van der Waals surface area contributed by atoms with Crippen molar-refractivity contribution in [3.63, 3.8) is 0 Å². The number of methoxy groups -OCH3 is 1. The lowest BCUT2D eigenvalue weighted by Gasteiger charge is -2.40. The van der Waals surface area contributed by atoms with Crippen molar-refractivity contribution in [2.45, 2.75) is 25.8 Å². The fourth-order valence-electron chi connectivity index (χ4n) is 5.32. The van der Waals surface area contributed by atoms with Crippen LogP contribution in [0.3, 0.4) is 0 Å². The van der Waals surface area contributed by atoms with Gasteiger partial charge in [0.05, 0.1) is 23.9 Å². The first-order valence-electron chi connectivity index (χ1n) is 13.7. The maximum absolute atomic E-state index is 16.6. The second-order valence-corrected chi connectivity index (χ2v) is 10.5. The molecule has 2 aliphatic rings. The fourth-order valence-corrected chi connectivity index (χ4v) is 5.32. The van der Waals surface area contributed by atoms with Crippen LogP contribution in [0.25, 0.3) is 5.57 Å². The first kappa shape index (κ1) is 30.0. The Balaban J connectivity index is 1.57. The smallest absolute Gasteiger partial charge is 0.264 e. The topological polar surface area (TPSA) is 107 Å². The predicted octanol–water partition coefficient (Wildman–Crippen LogP) is 4.08. The average molecular weight is 602 g/mol. The summed E-state index contributed by atoms with van der Waals surface area (Å²) < 4.78 is 65.1. The van der Waals surface area contributed by atoms with Gasteiger partial charge in [0, 0.05) is 68.7 Å². The second kappa shape index (κ2) is 12.4. The van der Waals surface area contributed by atoms with Crippen molar-refractivity contribution in [1.82, 2.24) is 19.9 Å². The van der Waals surface area contributed by atoms with Crippen molar-refractivity contribution in [3.05, 3.63) is 75.5 Å². The van der Waals surface area contributed by atoms with E-state index in [4.69, 9.17) is 4.74 Å². The minimum absolute atomic E-state index is 0.0344. The van der Waals surface area contributed by atoms with Crippen LogP contribution in [-0.4, -0.2) is 78.7 Å². The number of H-pyrrole nitrogens is 1. The molecule has 1 saturated heterocycles. The van der Waals surface area contributed by atoms with Gasteiger partial charge in [0.25, 0.3) is 12.3 Å². The quantitative estimate of drug-likeness (QED) is 0.391. The van der Waals surface area contributed by atoms with Crippen LogP contribution in [0.4, 0.5) is 34.8 Å². The molecular weight excluding hydrogens is 570 g/mol. The van der Waals surface area contributed by atoms with E-state index in [1.807, 2.05) is 18.9 Å². The predicted molar refractivity (Wildman–Crippen MR) is 154 cm³/mol. The van der Waals surface area contributed by atoms with Crippen molar-refractivity contribution in [3.8, 4) is 5.88 Å². The highest BCUT2D eigenvalue weighted by atomic mass is 19.3. The van der Waals surface area contributed by atoms with Gasteiger partial charge in [-0.25, -0.2) is 27.5 Å². The van der Waals surface area contributed by atoms with Gasteiger partial charge in [0.2, 0.25) is 11.4 Å². The van der Waals surface area contributed by atoms with Crippen LogP contribution in [0.1, 0.15) is 41.3 Å². The van der Waals surface area contributed by atoms with Gasteiger partial charge >= 0.3 is 0 Å². The molecule has 43 heavy (non-hydrogen) atoms. The number of rotatable bonds is 7. The number of halogens is 4. The number of likely N-dealkylation sites (N-methyl/N-ethyl adjacent to an activating group) is 1. The largest absolute Gasteiger partial charge is 0.481 e. The fraction of sp³-hybridized carbons (Fsp3) is 0.379. The highest BCUT2D eigenvalue weighted by Crippen LogP contribution is 2.39. The molecule has 1 amide bonds. The molecule has 2 aromatic heterocycles. The number of nitrogens with one attached hydrogen (secondary N) is 2. The summed E-state index contributed by atoms with van der Waals surface area (Å²) >= 11 is 0. The number of aromatic nitrogens is 3. The number of carbonyl (C=O) groups is 1. The Morgan fingerprint density at radius 2 is 1.93 bits per heavy atom. The molecule has 10 nitrogen and oxygen atoms in total. The van der Waals surface area contributed by atoms with E-state index in [9.17, 15) is 18.4 Å². The van der Waals surface area contributed by atoms with E-state index in [0.717, 1.165) is 6.20 Å². The van der Waals surface area contributed by atoms with Gasteiger partial charge in [-0.3, -0.25) is 9.59 Å². The summed E-state index contributed by atoms with van der Waals surface area (Å²) in [6.07, 6.45) is 1.23. The Kier molecular flexibility index (Phi) is 8.67. The number of carbonyl (C=O) groups excluding carboxylic acids is 1. The molecule has 2 N–H and O–H groups in total. The zero-order chi connectivity index (χ0) is 30.8. The van der Waals surface area contributed by atoms with Crippen LogP contribution in [0.5, 0.6) is 5.88 Å². The number of alkyl halides is 2. The Labute approximate surface area is 245 Å². The number of pyridine rings is 1. The van der Waals surface area contributed by atoms with E-state index in [1.165, 1.54) is 19.5 Å². The molecule has 5 rings (SSSR count). The third kappa shape index (κ3) is 6.19. The Bertz CT molecular complexity index is 1610. The van der Waals surface area contributed by atoms with Gasteiger partial charge in [-0.05, 0) is 26.0 Å². The molecule has 4 heterocycles.